The molecule has 0 bridgehead atoms. The minimum absolute atomic E-state index is 0.00702. The number of pyridine rings is 1. The smallest absolute Gasteiger partial charge is 0.254 e. The molecule has 0 aliphatic carbocycles. The molecule has 0 aliphatic heterocycles. The highest BCUT2D eigenvalue weighted by molar-refractivity contribution is 5.35. The first-order chi connectivity index (χ1) is 8.09. The van der Waals surface area contributed by atoms with E-state index in [2.05, 4.69) is 54.5 Å². The van der Waals surface area contributed by atoms with Gasteiger partial charge in [-0.2, -0.15) is 0 Å². The molecule has 1 rings (SSSR count). The Balaban J connectivity index is 3.58. The second-order valence-corrected chi connectivity index (χ2v) is 7.10. The van der Waals surface area contributed by atoms with Crippen molar-refractivity contribution < 1.29 is 0 Å². The fraction of sp³-hybridized carbons (Fsp3) is 0.688. The Kier molecular flexibility index (Phi) is 4.09. The van der Waals surface area contributed by atoms with Crippen LogP contribution in [0.5, 0.6) is 0 Å². The largest absolute Gasteiger partial charge is 0.315 e. The Morgan fingerprint density at radius 2 is 1.61 bits per heavy atom. The number of hydrogen-bond acceptors (Lipinski definition) is 1. The normalized spacial score (nSPS) is 12.8. The average molecular weight is 249 g/mol. The molecule has 0 atom stereocenters. The predicted octanol–water partition coefficient (Wildman–Crippen LogP) is 3.85. The van der Waals surface area contributed by atoms with Gasteiger partial charge in [-0.05, 0) is 28.9 Å². The fourth-order valence-corrected chi connectivity index (χ4v) is 2.34. The van der Waals surface area contributed by atoms with Crippen LogP contribution in [0.1, 0.15) is 66.0 Å². The summed E-state index contributed by atoms with van der Waals surface area (Å²) in [7, 11) is 0. The van der Waals surface area contributed by atoms with Gasteiger partial charge in [0.1, 0.15) is 0 Å². The number of nitrogens with zero attached hydrogens (tertiary/aromatic N) is 1. The third-order valence-corrected chi connectivity index (χ3v) is 3.19. The average Bonchev–Trinajstić information content (AvgIpc) is 2.17. The zero-order chi connectivity index (χ0) is 14.1. The van der Waals surface area contributed by atoms with Gasteiger partial charge in [0.15, 0.2) is 0 Å². The Bertz CT molecular complexity index is 469. The number of hydrogen-bond donors (Lipinski definition) is 0. The molecule has 0 saturated carbocycles. The van der Waals surface area contributed by atoms with Crippen LogP contribution in [0.4, 0.5) is 0 Å². The van der Waals surface area contributed by atoms with Crippen LogP contribution in [0, 0.1) is 0 Å². The summed E-state index contributed by atoms with van der Waals surface area (Å²) < 4.78 is 1.84. The predicted molar refractivity (Wildman–Crippen MR) is 78.4 cm³/mol. The lowest BCUT2D eigenvalue weighted by molar-refractivity contribution is 0.508. The number of aromatic nitrogens is 1. The second-order valence-electron chi connectivity index (χ2n) is 7.10. The van der Waals surface area contributed by atoms with Gasteiger partial charge in [-0.25, -0.2) is 0 Å². The first-order valence-corrected chi connectivity index (χ1v) is 6.83. The third kappa shape index (κ3) is 3.04. The van der Waals surface area contributed by atoms with E-state index in [1.54, 1.807) is 0 Å². The fourth-order valence-electron chi connectivity index (χ4n) is 2.34. The molecule has 1 aromatic rings. The van der Waals surface area contributed by atoms with Gasteiger partial charge in [-0.1, -0.05) is 48.5 Å². The summed E-state index contributed by atoms with van der Waals surface area (Å²) >= 11 is 0. The minimum atomic E-state index is -0.115. The molecule has 0 spiro atoms. The summed E-state index contributed by atoms with van der Waals surface area (Å²) in [6, 6.07) is 2.12. The topological polar surface area (TPSA) is 22.0 Å². The van der Waals surface area contributed by atoms with Crippen molar-refractivity contribution in [3.63, 3.8) is 0 Å². The van der Waals surface area contributed by atoms with Gasteiger partial charge in [0.2, 0.25) is 0 Å². The monoisotopic (exact) mass is 249 g/mol. The van der Waals surface area contributed by atoms with E-state index < -0.39 is 0 Å². The molecule has 0 fully saturated rings. The summed E-state index contributed by atoms with van der Waals surface area (Å²) in [5.41, 5.74) is 2.21. The van der Waals surface area contributed by atoms with Gasteiger partial charge in [0.05, 0.1) is 0 Å². The van der Waals surface area contributed by atoms with Gasteiger partial charge in [0, 0.05) is 18.3 Å². The third-order valence-electron chi connectivity index (χ3n) is 3.19. The maximum atomic E-state index is 12.6. The van der Waals surface area contributed by atoms with Gasteiger partial charge < -0.3 is 4.57 Å². The van der Waals surface area contributed by atoms with Gasteiger partial charge >= 0.3 is 0 Å². The summed E-state index contributed by atoms with van der Waals surface area (Å²) in [6.45, 7) is 15.8. The van der Waals surface area contributed by atoms with Crippen LogP contribution in [-0.2, 0) is 17.4 Å². The van der Waals surface area contributed by atoms with E-state index in [0.29, 0.717) is 0 Å². The molecule has 2 nitrogen and oxygen atoms in total. The molecular weight excluding hydrogens is 222 g/mol. The van der Waals surface area contributed by atoms with Crippen molar-refractivity contribution >= 4 is 0 Å². The maximum absolute atomic E-state index is 12.6. The molecule has 0 saturated heterocycles. The van der Waals surface area contributed by atoms with Gasteiger partial charge in [-0.3, -0.25) is 4.79 Å². The molecule has 1 heterocycles. The number of aryl methyl sites for hydroxylation is 1. The molecule has 1 aromatic heterocycles. The highest BCUT2D eigenvalue weighted by atomic mass is 16.1. The molecule has 0 amide bonds. The molecule has 0 unspecified atom stereocenters. The van der Waals surface area contributed by atoms with Crippen molar-refractivity contribution in [2.45, 2.75) is 72.3 Å². The van der Waals surface area contributed by atoms with E-state index in [4.69, 9.17) is 0 Å². The highest BCUT2D eigenvalue weighted by Crippen LogP contribution is 2.31. The first kappa shape index (κ1) is 15.0. The summed E-state index contributed by atoms with van der Waals surface area (Å²) in [5.74, 6) is 0. The highest BCUT2D eigenvalue weighted by Gasteiger charge is 2.28. The summed E-state index contributed by atoms with van der Waals surface area (Å²) in [6.07, 6.45) is 2.93. The van der Waals surface area contributed by atoms with Crippen LogP contribution < -0.4 is 5.56 Å². The van der Waals surface area contributed by atoms with E-state index in [0.717, 1.165) is 18.5 Å². The van der Waals surface area contributed by atoms with Crippen LogP contribution in [0.25, 0.3) is 0 Å². The van der Waals surface area contributed by atoms with E-state index in [1.165, 1.54) is 5.56 Å². The molecule has 102 valence electrons. The molecule has 2 heteroatoms. The maximum Gasteiger partial charge on any atom is 0.254 e. The lowest BCUT2D eigenvalue weighted by atomic mass is 9.76. The molecule has 0 aromatic carbocycles. The molecular formula is C16H27NO. The van der Waals surface area contributed by atoms with Crippen LogP contribution in [0.2, 0.25) is 0 Å². The Hall–Kier alpha value is -1.05. The van der Waals surface area contributed by atoms with Crippen LogP contribution in [0.15, 0.2) is 17.1 Å². The van der Waals surface area contributed by atoms with E-state index >= 15 is 0 Å². The van der Waals surface area contributed by atoms with Crippen LogP contribution >= 0.6 is 0 Å². The Labute approximate surface area is 111 Å². The Morgan fingerprint density at radius 1 is 1.06 bits per heavy atom. The van der Waals surface area contributed by atoms with Gasteiger partial charge in [0.25, 0.3) is 5.56 Å². The standard InChI is InChI=1S/C16H27NO/c1-8-10-17-11-9-12(15(2,3)4)13(14(17)18)16(5,6)7/h9,11H,8,10H2,1-7H3. The van der Waals surface area contributed by atoms with Crippen LogP contribution in [0.3, 0.4) is 0 Å². The lowest BCUT2D eigenvalue weighted by Crippen LogP contribution is -2.35. The zero-order valence-corrected chi connectivity index (χ0v) is 12.9. The van der Waals surface area contributed by atoms with E-state index in [9.17, 15) is 4.79 Å². The SMILES string of the molecule is CCCn1ccc(C(C)(C)C)c(C(C)(C)C)c1=O. The molecule has 0 radical (unpaired) electrons. The minimum Gasteiger partial charge on any atom is -0.315 e. The van der Waals surface area contributed by atoms with Crippen LogP contribution in [-0.4, -0.2) is 4.57 Å². The molecule has 0 N–H and O–H groups in total. The Morgan fingerprint density at radius 3 is 2.00 bits per heavy atom. The van der Waals surface area contributed by atoms with Crippen molar-refractivity contribution in [1.29, 1.82) is 0 Å². The zero-order valence-electron chi connectivity index (χ0n) is 12.9. The molecule has 0 aliphatic rings. The lowest BCUT2D eigenvalue weighted by Gasteiger charge is -2.29. The van der Waals surface area contributed by atoms with Gasteiger partial charge in [-0.15, -0.1) is 0 Å². The van der Waals surface area contributed by atoms with Crippen molar-refractivity contribution in [2.24, 2.45) is 0 Å². The van der Waals surface area contributed by atoms with Crippen molar-refractivity contribution in [1.82, 2.24) is 4.57 Å². The number of rotatable bonds is 2. The summed E-state index contributed by atoms with van der Waals surface area (Å²) in [4.78, 5) is 12.6. The van der Waals surface area contributed by atoms with Crippen molar-refractivity contribution in [3.05, 3.63) is 33.7 Å². The second kappa shape index (κ2) is 4.91. The summed E-state index contributed by atoms with van der Waals surface area (Å²) in [5, 5.41) is 0. The van der Waals surface area contributed by atoms with E-state index in [1.807, 2.05) is 10.8 Å². The van der Waals surface area contributed by atoms with Crippen molar-refractivity contribution in [2.75, 3.05) is 0 Å². The first-order valence-electron chi connectivity index (χ1n) is 6.83. The van der Waals surface area contributed by atoms with E-state index in [-0.39, 0.29) is 16.4 Å². The molecule has 18 heavy (non-hydrogen) atoms. The quantitative estimate of drug-likeness (QED) is 0.780. The van der Waals surface area contributed by atoms with Crippen molar-refractivity contribution in [3.8, 4) is 0 Å².